The maximum atomic E-state index is 11.9. The number of rotatable bonds is 7. The highest BCUT2D eigenvalue weighted by Gasteiger charge is 2.26. The minimum Gasteiger partial charge on any atom is -0.356 e. The van der Waals surface area contributed by atoms with Crippen LogP contribution in [-0.2, 0) is 9.59 Å². The molecule has 1 aliphatic rings. The van der Waals surface area contributed by atoms with Gasteiger partial charge in [0.1, 0.15) is 0 Å². The summed E-state index contributed by atoms with van der Waals surface area (Å²) in [6.07, 6.45) is 8.71. The summed E-state index contributed by atoms with van der Waals surface area (Å²) in [5.41, 5.74) is 0. The van der Waals surface area contributed by atoms with Gasteiger partial charge in [-0.2, -0.15) is 0 Å². The van der Waals surface area contributed by atoms with Crippen molar-refractivity contribution in [2.24, 2.45) is 5.92 Å². The Kier molecular flexibility index (Phi) is 7.74. The first-order valence-electron chi connectivity index (χ1n) is 7.38. The molecule has 1 fully saturated rings. The van der Waals surface area contributed by atoms with Crippen LogP contribution in [0.4, 0.5) is 0 Å². The van der Waals surface area contributed by atoms with Crippen molar-refractivity contribution in [1.82, 2.24) is 15.5 Å². The van der Waals surface area contributed by atoms with Crippen molar-refractivity contribution in [1.29, 1.82) is 0 Å². The average Bonchev–Trinajstić information content (AvgIpc) is 2.47. The van der Waals surface area contributed by atoms with E-state index in [9.17, 15) is 9.59 Å². The van der Waals surface area contributed by atoms with Crippen molar-refractivity contribution < 1.29 is 9.59 Å². The SMILES string of the molecule is C#CCNCC(=O)N1CCC(C(=O)NCCCC)CC1. The quantitative estimate of drug-likeness (QED) is 0.523. The molecular formula is C15H25N3O2. The van der Waals surface area contributed by atoms with Gasteiger partial charge in [-0.1, -0.05) is 19.3 Å². The van der Waals surface area contributed by atoms with Crippen LogP contribution in [0.3, 0.4) is 0 Å². The highest BCUT2D eigenvalue weighted by atomic mass is 16.2. The first kappa shape index (κ1) is 16.5. The van der Waals surface area contributed by atoms with E-state index in [1.807, 2.05) is 0 Å². The van der Waals surface area contributed by atoms with Crippen LogP contribution in [0.2, 0.25) is 0 Å². The molecule has 112 valence electrons. The summed E-state index contributed by atoms with van der Waals surface area (Å²) in [5.74, 6) is 2.68. The van der Waals surface area contributed by atoms with Gasteiger partial charge in [-0.15, -0.1) is 6.42 Å². The van der Waals surface area contributed by atoms with Gasteiger partial charge in [0.05, 0.1) is 13.1 Å². The van der Waals surface area contributed by atoms with E-state index in [0.717, 1.165) is 32.2 Å². The van der Waals surface area contributed by atoms with Gasteiger partial charge in [-0.25, -0.2) is 0 Å². The summed E-state index contributed by atoms with van der Waals surface area (Å²) in [5, 5.41) is 5.86. The zero-order chi connectivity index (χ0) is 14.8. The predicted molar refractivity (Wildman–Crippen MR) is 78.9 cm³/mol. The first-order valence-corrected chi connectivity index (χ1v) is 7.38. The highest BCUT2D eigenvalue weighted by molar-refractivity contribution is 5.80. The number of piperidine rings is 1. The number of nitrogens with zero attached hydrogens (tertiary/aromatic N) is 1. The fourth-order valence-corrected chi connectivity index (χ4v) is 2.28. The lowest BCUT2D eigenvalue weighted by atomic mass is 9.96. The van der Waals surface area contributed by atoms with Crippen molar-refractivity contribution in [3.63, 3.8) is 0 Å². The smallest absolute Gasteiger partial charge is 0.236 e. The molecule has 1 aliphatic heterocycles. The molecule has 1 heterocycles. The van der Waals surface area contributed by atoms with E-state index in [1.54, 1.807) is 4.90 Å². The summed E-state index contributed by atoms with van der Waals surface area (Å²) in [7, 11) is 0. The number of hydrogen-bond acceptors (Lipinski definition) is 3. The van der Waals surface area contributed by atoms with E-state index >= 15 is 0 Å². The van der Waals surface area contributed by atoms with Gasteiger partial charge in [0, 0.05) is 25.6 Å². The standard InChI is InChI=1S/C15H25N3O2/c1-3-5-9-17-15(20)13-6-10-18(11-7-13)14(19)12-16-8-4-2/h2,13,16H,3,5-12H2,1H3,(H,17,20). The molecule has 0 bridgehead atoms. The minimum absolute atomic E-state index is 0.0505. The predicted octanol–water partition coefficient (Wildman–Crippen LogP) is 0.364. The van der Waals surface area contributed by atoms with Crippen LogP contribution in [0.1, 0.15) is 32.6 Å². The van der Waals surface area contributed by atoms with Crippen LogP contribution in [0.25, 0.3) is 0 Å². The van der Waals surface area contributed by atoms with Crippen LogP contribution in [0.15, 0.2) is 0 Å². The molecule has 0 atom stereocenters. The molecule has 0 unspecified atom stereocenters. The monoisotopic (exact) mass is 279 g/mol. The van der Waals surface area contributed by atoms with E-state index in [1.165, 1.54) is 0 Å². The van der Waals surface area contributed by atoms with Crippen LogP contribution >= 0.6 is 0 Å². The Hall–Kier alpha value is -1.54. The van der Waals surface area contributed by atoms with Gasteiger partial charge in [0.15, 0.2) is 0 Å². The topological polar surface area (TPSA) is 61.4 Å². The largest absolute Gasteiger partial charge is 0.356 e. The highest BCUT2D eigenvalue weighted by Crippen LogP contribution is 2.17. The summed E-state index contributed by atoms with van der Waals surface area (Å²) < 4.78 is 0. The molecule has 2 amide bonds. The lowest BCUT2D eigenvalue weighted by Crippen LogP contribution is -2.45. The molecule has 0 aromatic carbocycles. The van der Waals surface area contributed by atoms with Gasteiger partial charge in [-0.05, 0) is 19.3 Å². The number of amides is 2. The summed E-state index contributed by atoms with van der Waals surface area (Å²) in [4.78, 5) is 25.6. The van der Waals surface area contributed by atoms with Gasteiger partial charge in [0.2, 0.25) is 11.8 Å². The number of terminal acetylenes is 1. The molecule has 5 heteroatoms. The Balaban J connectivity index is 2.23. The van der Waals surface area contributed by atoms with Crippen molar-refractivity contribution in [3.8, 4) is 12.3 Å². The summed E-state index contributed by atoms with van der Waals surface area (Å²) in [6, 6.07) is 0. The van der Waals surface area contributed by atoms with Crippen molar-refractivity contribution in [2.45, 2.75) is 32.6 Å². The zero-order valence-corrected chi connectivity index (χ0v) is 12.3. The first-order chi connectivity index (χ1) is 9.69. The lowest BCUT2D eigenvalue weighted by molar-refractivity contribution is -0.134. The number of hydrogen-bond donors (Lipinski definition) is 2. The number of carbonyl (C=O) groups is 2. The molecule has 1 rings (SSSR count). The molecular weight excluding hydrogens is 254 g/mol. The number of carbonyl (C=O) groups excluding carboxylic acids is 2. The second-order valence-corrected chi connectivity index (χ2v) is 5.11. The molecule has 0 aromatic heterocycles. The fraction of sp³-hybridized carbons (Fsp3) is 0.733. The van der Waals surface area contributed by atoms with Crippen molar-refractivity contribution in [3.05, 3.63) is 0 Å². The normalized spacial score (nSPS) is 15.7. The maximum absolute atomic E-state index is 11.9. The van der Waals surface area contributed by atoms with Crippen molar-refractivity contribution >= 4 is 11.8 Å². The average molecular weight is 279 g/mol. The Morgan fingerprint density at radius 1 is 1.35 bits per heavy atom. The van der Waals surface area contributed by atoms with Crippen molar-refractivity contribution in [2.75, 3.05) is 32.7 Å². The molecule has 0 aliphatic carbocycles. The minimum atomic E-state index is 0.0505. The number of likely N-dealkylation sites (tertiary alicyclic amines) is 1. The van der Waals surface area contributed by atoms with Gasteiger partial charge in [-0.3, -0.25) is 14.9 Å². The van der Waals surface area contributed by atoms with E-state index in [4.69, 9.17) is 6.42 Å². The molecule has 20 heavy (non-hydrogen) atoms. The maximum Gasteiger partial charge on any atom is 0.236 e. The molecule has 2 N–H and O–H groups in total. The summed E-state index contributed by atoms with van der Waals surface area (Å²) >= 11 is 0. The Labute approximate surface area is 121 Å². The van der Waals surface area contributed by atoms with E-state index in [-0.39, 0.29) is 24.3 Å². The molecule has 0 aromatic rings. The fourth-order valence-electron chi connectivity index (χ4n) is 2.28. The molecule has 0 saturated carbocycles. The third kappa shape index (κ3) is 5.62. The molecule has 1 saturated heterocycles. The number of unbranched alkanes of at least 4 members (excludes halogenated alkanes) is 1. The van der Waals surface area contributed by atoms with Crippen LogP contribution in [0.5, 0.6) is 0 Å². The van der Waals surface area contributed by atoms with Gasteiger partial charge >= 0.3 is 0 Å². The van der Waals surface area contributed by atoms with E-state index in [2.05, 4.69) is 23.5 Å². The Bertz CT molecular complexity index is 355. The van der Waals surface area contributed by atoms with Crippen LogP contribution in [0, 0.1) is 18.3 Å². The molecule has 0 spiro atoms. The Morgan fingerprint density at radius 2 is 2.05 bits per heavy atom. The molecule has 5 nitrogen and oxygen atoms in total. The third-order valence-electron chi connectivity index (χ3n) is 3.55. The number of nitrogens with one attached hydrogen (secondary N) is 2. The second-order valence-electron chi connectivity index (χ2n) is 5.11. The van der Waals surface area contributed by atoms with Gasteiger partial charge in [0.25, 0.3) is 0 Å². The second kappa shape index (κ2) is 9.38. The van der Waals surface area contributed by atoms with Crippen LogP contribution < -0.4 is 10.6 Å². The molecule has 0 radical (unpaired) electrons. The van der Waals surface area contributed by atoms with Gasteiger partial charge < -0.3 is 10.2 Å². The third-order valence-corrected chi connectivity index (χ3v) is 3.55. The zero-order valence-electron chi connectivity index (χ0n) is 12.3. The Morgan fingerprint density at radius 3 is 2.65 bits per heavy atom. The summed E-state index contributed by atoms with van der Waals surface area (Å²) in [6.45, 7) is 4.85. The van der Waals surface area contributed by atoms with E-state index < -0.39 is 0 Å². The van der Waals surface area contributed by atoms with Crippen LogP contribution in [-0.4, -0.2) is 49.4 Å². The van der Waals surface area contributed by atoms with E-state index in [0.29, 0.717) is 19.6 Å². The lowest BCUT2D eigenvalue weighted by Gasteiger charge is -2.31.